The van der Waals surface area contributed by atoms with Gasteiger partial charge >= 0.3 is 5.97 Å². The van der Waals surface area contributed by atoms with E-state index in [0.717, 1.165) is 22.1 Å². The molecule has 1 fully saturated rings. The van der Waals surface area contributed by atoms with Gasteiger partial charge in [0.2, 0.25) is 11.8 Å². The van der Waals surface area contributed by atoms with Crippen LogP contribution in [0.25, 0.3) is 10.8 Å². The monoisotopic (exact) mass is 426 g/mol. The first kappa shape index (κ1) is 22.6. The van der Waals surface area contributed by atoms with Gasteiger partial charge in [0.15, 0.2) is 0 Å². The molecule has 0 aromatic heterocycles. The van der Waals surface area contributed by atoms with Crippen molar-refractivity contribution in [2.24, 2.45) is 0 Å². The Kier molecular flexibility index (Phi) is 7.15. The van der Waals surface area contributed by atoms with E-state index in [1.54, 1.807) is 14.0 Å². The number of carbonyl (C=O) groups excluding carboxylic acids is 3. The van der Waals surface area contributed by atoms with E-state index >= 15 is 0 Å². The SMILES string of the molecule is CCC(C)OC(=O)CC1C(=O)NCCN1C(=O)[C@@H](C)c1ccc2cc(OC)ccc2c1. The molecule has 0 bridgehead atoms. The van der Waals surface area contributed by atoms with Gasteiger partial charge in [-0.2, -0.15) is 0 Å². The van der Waals surface area contributed by atoms with Crippen LogP contribution in [-0.4, -0.2) is 55.0 Å². The average molecular weight is 427 g/mol. The molecule has 2 unspecified atom stereocenters. The fourth-order valence-corrected chi connectivity index (χ4v) is 3.73. The van der Waals surface area contributed by atoms with E-state index in [1.807, 2.05) is 50.2 Å². The fraction of sp³-hybridized carbons (Fsp3) is 0.458. The van der Waals surface area contributed by atoms with Crippen molar-refractivity contribution in [1.82, 2.24) is 10.2 Å². The molecule has 1 saturated heterocycles. The Morgan fingerprint density at radius 2 is 1.87 bits per heavy atom. The summed E-state index contributed by atoms with van der Waals surface area (Å²) in [4.78, 5) is 39.6. The molecule has 0 aliphatic carbocycles. The lowest BCUT2D eigenvalue weighted by Crippen LogP contribution is -2.58. The van der Waals surface area contributed by atoms with Crippen molar-refractivity contribution in [2.75, 3.05) is 20.2 Å². The van der Waals surface area contributed by atoms with Crippen LogP contribution in [-0.2, 0) is 19.1 Å². The van der Waals surface area contributed by atoms with E-state index in [-0.39, 0.29) is 24.3 Å². The largest absolute Gasteiger partial charge is 0.497 e. The summed E-state index contributed by atoms with van der Waals surface area (Å²) in [5.41, 5.74) is 0.856. The molecule has 31 heavy (non-hydrogen) atoms. The van der Waals surface area contributed by atoms with E-state index in [1.165, 1.54) is 4.90 Å². The van der Waals surface area contributed by atoms with Gasteiger partial charge in [-0.3, -0.25) is 14.4 Å². The molecular formula is C24H30N2O5. The van der Waals surface area contributed by atoms with Gasteiger partial charge in [0.1, 0.15) is 11.8 Å². The van der Waals surface area contributed by atoms with Crippen molar-refractivity contribution in [1.29, 1.82) is 0 Å². The van der Waals surface area contributed by atoms with Crippen LogP contribution in [0.3, 0.4) is 0 Å². The molecule has 2 amide bonds. The van der Waals surface area contributed by atoms with E-state index in [9.17, 15) is 14.4 Å². The third kappa shape index (κ3) is 5.16. The van der Waals surface area contributed by atoms with Crippen molar-refractivity contribution >= 4 is 28.6 Å². The standard InChI is InChI=1S/C24H30N2O5/c1-5-15(2)31-22(27)14-21-23(28)25-10-11-26(21)24(29)16(3)17-6-7-19-13-20(30-4)9-8-18(19)12-17/h6-9,12-13,15-16,21H,5,10-11,14H2,1-4H3,(H,25,28)/t15?,16-,21?/m0/s1. The number of methoxy groups -OCH3 is 1. The van der Waals surface area contributed by atoms with Gasteiger partial charge in [0.25, 0.3) is 0 Å². The van der Waals surface area contributed by atoms with Gasteiger partial charge in [0.05, 0.1) is 25.6 Å². The Morgan fingerprint density at radius 3 is 2.58 bits per heavy atom. The van der Waals surface area contributed by atoms with Crippen LogP contribution in [0, 0.1) is 0 Å². The van der Waals surface area contributed by atoms with E-state index in [4.69, 9.17) is 9.47 Å². The first-order chi connectivity index (χ1) is 14.8. The van der Waals surface area contributed by atoms with Crippen molar-refractivity contribution in [3.8, 4) is 5.75 Å². The summed E-state index contributed by atoms with van der Waals surface area (Å²) in [6.45, 7) is 6.28. The third-order valence-corrected chi connectivity index (χ3v) is 5.82. The second-order valence-electron chi connectivity index (χ2n) is 7.95. The number of fused-ring (bicyclic) bond motifs is 1. The lowest BCUT2D eigenvalue weighted by molar-refractivity contribution is -0.155. The van der Waals surface area contributed by atoms with Crippen molar-refractivity contribution in [3.63, 3.8) is 0 Å². The maximum Gasteiger partial charge on any atom is 0.308 e. The van der Waals surface area contributed by atoms with Gasteiger partial charge in [-0.1, -0.05) is 31.2 Å². The molecular weight excluding hydrogens is 396 g/mol. The molecule has 0 radical (unpaired) electrons. The number of benzene rings is 2. The van der Waals surface area contributed by atoms with Crippen LogP contribution in [0.5, 0.6) is 5.75 Å². The van der Waals surface area contributed by atoms with Gasteiger partial charge < -0.3 is 19.7 Å². The number of piperazine rings is 1. The highest BCUT2D eigenvalue weighted by molar-refractivity contribution is 5.94. The molecule has 7 nitrogen and oxygen atoms in total. The number of ether oxygens (including phenoxy) is 2. The molecule has 1 N–H and O–H groups in total. The maximum absolute atomic E-state index is 13.3. The van der Waals surface area contributed by atoms with Crippen LogP contribution in [0.4, 0.5) is 0 Å². The van der Waals surface area contributed by atoms with Gasteiger partial charge in [-0.15, -0.1) is 0 Å². The molecule has 3 rings (SSSR count). The first-order valence-corrected chi connectivity index (χ1v) is 10.7. The fourth-order valence-electron chi connectivity index (χ4n) is 3.73. The lowest BCUT2D eigenvalue weighted by Gasteiger charge is -2.36. The number of amides is 2. The molecule has 1 aliphatic rings. The van der Waals surface area contributed by atoms with Gasteiger partial charge in [0, 0.05) is 13.1 Å². The summed E-state index contributed by atoms with van der Waals surface area (Å²) < 4.78 is 10.6. The second-order valence-corrected chi connectivity index (χ2v) is 7.95. The topological polar surface area (TPSA) is 84.9 Å². The van der Waals surface area contributed by atoms with E-state index in [0.29, 0.717) is 19.5 Å². The molecule has 2 aromatic carbocycles. The number of hydrogen-bond donors (Lipinski definition) is 1. The smallest absolute Gasteiger partial charge is 0.308 e. The summed E-state index contributed by atoms with van der Waals surface area (Å²) in [6.07, 6.45) is 0.320. The Balaban J connectivity index is 1.79. The average Bonchev–Trinajstić information content (AvgIpc) is 2.78. The normalized spacial score (nSPS) is 18.3. The lowest BCUT2D eigenvalue weighted by atomic mass is 9.95. The maximum atomic E-state index is 13.3. The number of nitrogens with zero attached hydrogens (tertiary/aromatic N) is 1. The minimum atomic E-state index is -0.857. The molecule has 2 aromatic rings. The first-order valence-electron chi connectivity index (χ1n) is 10.7. The molecule has 0 spiro atoms. The molecule has 7 heteroatoms. The number of carbonyl (C=O) groups is 3. The highest BCUT2D eigenvalue weighted by Crippen LogP contribution is 2.27. The summed E-state index contributed by atoms with van der Waals surface area (Å²) in [5, 5.41) is 4.77. The molecule has 3 atom stereocenters. The highest BCUT2D eigenvalue weighted by atomic mass is 16.5. The summed E-state index contributed by atoms with van der Waals surface area (Å²) in [7, 11) is 1.63. The predicted molar refractivity (Wildman–Crippen MR) is 118 cm³/mol. The molecule has 1 heterocycles. The minimum Gasteiger partial charge on any atom is -0.497 e. The number of nitrogens with one attached hydrogen (secondary N) is 1. The number of hydrogen-bond acceptors (Lipinski definition) is 5. The molecule has 0 saturated carbocycles. The van der Waals surface area contributed by atoms with Crippen molar-refractivity contribution in [3.05, 3.63) is 42.0 Å². The number of rotatable bonds is 7. The van der Waals surface area contributed by atoms with Crippen LogP contribution in [0.1, 0.15) is 45.1 Å². The Bertz CT molecular complexity index is 974. The summed E-state index contributed by atoms with van der Waals surface area (Å²) in [5.74, 6) is -0.648. The summed E-state index contributed by atoms with van der Waals surface area (Å²) in [6, 6.07) is 10.8. The van der Waals surface area contributed by atoms with Crippen LogP contribution in [0.15, 0.2) is 36.4 Å². The van der Waals surface area contributed by atoms with Crippen LogP contribution < -0.4 is 10.1 Å². The zero-order valence-corrected chi connectivity index (χ0v) is 18.5. The van der Waals surface area contributed by atoms with Gasteiger partial charge in [-0.25, -0.2) is 0 Å². The highest BCUT2D eigenvalue weighted by Gasteiger charge is 2.37. The molecule has 1 aliphatic heterocycles. The zero-order valence-electron chi connectivity index (χ0n) is 18.5. The van der Waals surface area contributed by atoms with Crippen molar-refractivity contribution in [2.45, 2.75) is 51.7 Å². The minimum absolute atomic E-state index is 0.147. The summed E-state index contributed by atoms with van der Waals surface area (Å²) >= 11 is 0. The van der Waals surface area contributed by atoms with Crippen molar-refractivity contribution < 1.29 is 23.9 Å². The Labute approximate surface area is 182 Å². The Hall–Kier alpha value is -3.09. The Morgan fingerprint density at radius 1 is 1.16 bits per heavy atom. The predicted octanol–water partition coefficient (Wildman–Crippen LogP) is 3.01. The van der Waals surface area contributed by atoms with Gasteiger partial charge in [-0.05, 0) is 48.7 Å². The molecule has 166 valence electrons. The van der Waals surface area contributed by atoms with E-state index in [2.05, 4.69) is 5.32 Å². The third-order valence-electron chi connectivity index (χ3n) is 5.82. The zero-order chi connectivity index (χ0) is 22.5. The number of esters is 1. The second kappa shape index (κ2) is 9.81. The van der Waals surface area contributed by atoms with E-state index < -0.39 is 17.9 Å². The van der Waals surface area contributed by atoms with Crippen LogP contribution in [0.2, 0.25) is 0 Å². The van der Waals surface area contributed by atoms with Crippen LogP contribution >= 0.6 is 0 Å². The quantitative estimate of drug-likeness (QED) is 0.688.